The van der Waals surface area contributed by atoms with Crippen molar-refractivity contribution in [1.82, 2.24) is 10.2 Å². The normalized spacial score (nSPS) is 11.8. The van der Waals surface area contributed by atoms with Crippen molar-refractivity contribution < 1.29 is 19.5 Å². The fraction of sp³-hybridized carbons (Fsp3) is 0.500. The van der Waals surface area contributed by atoms with Crippen molar-refractivity contribution in [1.29, 1.82) is 0 Å². The predicted octanol–water partition coefficient (Wildman–Crippen LogP) is 1.42. The average Bonchev–Trinajstić information content (AvgIpc) is 2.73. The lowest BCUT2D eigenvalue weighted by Gasteiger charge is -2.26. The number of hydrogen-bond donors (Lipinski definition) is 2. The second-order valence-corrected chi connectivity index (χ2v) is 5.91. The minimum atomic E-state index is -1.07. The fourth-order valence-electron chi connectivity index (χ4n) is 1.84. The second-order valence-electron chi connectivity index (χ2n) is 4.83. The SMILES string of the molecule is CC(=O)NCCN(C(=O)c1csc(C)c1C)C(C)C(=O)O. The number of carboxylic acids is 1. The van der Waals surface area contributed by atoms with Gasteiger partial charge in [0.05, 0.1) is 5.56 Å². The van der Waals surface area contributed by atoms with Gasteiger partial charge in [-0.2, -0.15) is 0 Å². The van der Waals surface area contributed by atoms with E-state index in [9.17, 15) is 14.4 Å². The zero-order chi connectivity index (χ0) is 16.2. The number of amides is 2. The molecule has 0 aliphatic rings. The van der Waals surface area contributed by atoms with Crippen molar-refractivity contribution >= 4 is 29.1 Å². The molecule has 2 N–H and O–H groups in total. The van der Waals surface area contributed by atoms with Crippen LogP contribution < -0.4 is 5.32 Å². The van der Waals surface area contributed by atoms with Gasteiger partial charge in [-0.05, 0) is 26.3 Å². The first-order chi connectivity index (χ1) is 9.75. The molecule has 2 amide bonds. The molecular formula is C14H20N2O4S. The number of rotatable bonds is 6. The summed E-state index contributed by atoms with van der Waals surface area (Å²) >= 11 is 1.46. The predicted molar refractivity (Wildman–Crippen MR) is 80.6 cm³/mol. The van der Waals surface area contributed by atoms with E-state index in [-0.39, 0.29) is 24.9 Å². The summed E-state index contributed by atoms with van der Waals surface area (Å²) in [7, 11) is 0. The van der Waals surface area contributed by atoms with Crippen molar-refractivity contribution in [3.8, 4) is 0 Å². The molecule has 1 unspecified atom stereocenters. The molecule has 1 rings (SSSR count). The van der Waals surface area contributed by atoms with Gasteiger partial charge < -0.3 is 15.3 Å². The molecule has 0 saturated heterocycles. The molecule has 0 spiro atoms. The Kier molecular flexibility index (Phi) is 5.90. The smallest absolute Gasteiger partial charge is 0.326 e. The Morgan fingerprint density at radius 2 is 2.00 bits per heavy atom. The summed E-state index contributed by atoms with van der Waals surface area (Å²) in [4.78, 5) is 36.9. The Balaban J connectivity index is 2.94. The quantitative estimate of drug-likeness (QED) is 0.831. The zero-order valence-corrected chi connectivity index (χ0v) is 13.4. The van der Waals surface area contributed by atoms with Gasteiger partial charge in [-0.25, -0.2) is 4.79 Å². The van der Waals surface area contributed by atoms with Crippen LogP contribution in [0.4, 0.5) is 0 Å². The molecule has 0 saturated carbocycles. The molecular weight excluding hydrogens is 292 g/mol. The van der Waals surface area contributed by atoms with E-state index in [1.165, 1.54) is 30.1 Å². The number of nitrogens with zero attached hydrogens (tertiary/aromatic N) is 1. The van der Waals surface area contributed by atoms with Gasteiger partial charge in [0.1, 0.15) is 6.04 Å². The number of hydrogen-bond acceptors (Lipinski definition) is 4. The molecule has 0 radical (unpaired) electrons. The van der Waals surface area contributed by atoms with Crippen molar-refractivity contribution in [2.45, 2.75) is 33.7 Å². The Labute approximate surface area is 127 Å². The highest BCUT2D eigenvalue weighted by Crippen LogP contribution is 2.22. The van der Waals surface area contributed by atoms with Gasteiger partial charge in [0.2, 0.25) is 5.91 Å². The van der Waals surface area contributed by atoms with Crippen molar-refractivity contribution in [3.05, 3.63) is 21.4 Å². The zero-order valence-electron chi connectivity index (χ0n) is 12.6. The molecule has 0 fully saturated rings. The van der Waals surface area contributed by atoms with E-state index in [0.29, 0.717) is 5.56 Å². The van der Waals surface area contributed by atoms with Gasteiger partial charge in [-0.1, -0.05) is 0 Å². The van der Waals surface area contributed by atoms with Gasteiger partial charge in [0.15, 0.2) is 0 Å². The van der Waals surface area contributed by atoms with E-state index >= 15 is 0 Å². The number of carbonyl (C=O) groups is 3. The number of aryl methyl sites for hydroxylation is 1. The number of carbonyl (C=O) groups excluding carboxylic acids is 2. The molecule has 7 heteroatoms. The molecule has 0 bridgehead atoms. The van der Waals surface area contributed by atoms with Gasteiger partial charge >= 0.3 is 5.97 Å². The van der Waals surface area contributed by atoms with Crippen LogP contribution in [0, 0.1) is 13.8 Å². The van der Waals surface area contributed by atoms with Crippen LogP contribution in [-0.4, -0.2) is 46.9 Å². The summed E-state index contributed by atoms with van der Waals surface area (Å²) in [5, 5.41) is 13.5. The van der Waals surface area contributed by atoms with Crippen LogP contribution in [0.5, 0.6) is 0 Å². The molecule has 0 aliphatic carbocycles. The van der Waals surface area contributed by atoms with Crippen molar-refractivity contribution in [3.63, 3.8) is 0 Å². The maximum atomic E-state index is 12.6. The number of nitrogens with one attached hydrogen (secondary N) is 1. The maximum absolute atomic E-state index is 12.6. The second kappa shape index (κ2) is 7.21. The lowest BCUT2D eigenvalue weighted by atomic mass is 10.1. The molecule has 116 valence electrons. The molecule has 1 aromatic heterocycles. The molecule has 1 aromatic rings. The lowest BCUT2D eigenvalue weighted by molar-refractivity contribution is -0.141. The van der Waals surface area contributed by atoms with Crippen molar-refractivity contribution in [2.75, 3.05) is 13.1 Å². The Hall–Kier alpha value is -1.89. The highest BCUT2D eigenvalue weighted by Gasteiger charge is 2.27. The number of thiophene rings is 1. The third kappa shape index (κ3) is 4.29. The van der Waals surface area contributed by atoms with E-state index in [1.54, 1.807) is 5.38 Å². The highest BCUT2D eigenvalue weighted by molar-refractivity contribution is 7.10. The summed E-state index contributed by atoms with van der Waals surface area (Å²) < 4.78 is 0. The van der Waals surface area contributed by atoms with Gasteiger partial charge in [0, 0.05) is 30.3 Å². The standard InChI is InChI=1S/C14H20N2O4S/c1-8-10(3)21-7-12(8)13(18)16(9(2)14(19)20)6-5-15-11(4)17/h7,9H,5-6H2,1-4H3,(H,15,17)(H,19,20). The van der Waals surface area contributed by atoms with E-state index in [4.69, 9.17) is 5.11 Å². The molecule has 1 heterocycles. The van der Waals surface area contributed by atoms with Gasteiger partial charge in [-0.15, -0.1) is 11.3 Å². The summed E-state index contributed by atoms with van der Waals surface area (Å²) in [6, 6.07) is -0.953. The average molecular weight is 312 g/mol. The van der Waals surface area contributed by atoms with Crippen LogP contribution in [0.25, 0.3) is 0 Å². The Morgan fingerprint density at radius 3 is 2.43 bits per heavy atom. The van der Waals surface area contributed by atoms with E-state index in [2.05, 4.69) is 5.32 Å². The van der Waals surface area contributed by atoms with Crippen LogP contribution in [0.2, 0.25) is 0 Å². The first-order valence-electron chi connectivity index (χ1n) is 6.58. The topological polar surface area (TPSA) is 86.7 Å². The molecule has 21 heavy (non-hydrogen) atoms. The van der Waals surface area contributed by atoms with E-state index in [1.807, 2.05) is 13.8 Å². The maximum Gasteiger partial charge on any atom is 0.326 e. The molecule has 6 nitrogen and oxygen atoms in total. The third-order valence-electron chi connectivity index (χ3n) is 3.33. The van der Waals surface area contributed by atoms with Crippen LogP contribution in [-0.2, 0) is 9.59 Å². The largest absolute Gasteiger partial charge is 0.480 e. The van der Waals surface area contributed by atoms with Crippen LogP contribution >= 0.6 is 11.3 Å². The summed E-state index contributed by atoms with van der Waals surface area (Å²) in [5.41, 5.74) is 1.39. The Bertz CT molecular complexity index is 553. The van der Waals surface area contributed by atoms with E-state index in [0.717, 1.165) is 10.4 Å². The minimum absolute atomic E-state index is 0.153. The monoisotopic (exact) mass is 312 g/mol. The third-order valence-corrected chi connectivity index (χ3v) is 4.34. The van der Waals surface area contributed by atoms with Crippen LogP contribution in [0.15, 0.2) is 5.38 Å². The van der Waals surface area contributed by atoms with Crippen LogP contribution in [0.3, 0.4) is 0 Å². The number of aliphatic carboxylic acids is 1. The van der Waals surface area contributed by atoms with Crippen molar-refractivity contribution in [2.24, 2.45) is 0 Å². The van der Waals surface area contributed by atoms with Gasteiger partial charge in [0.25, 0.3) is 5.91 Å². The van der Waals surface area contributed by atoms with Gasteiger partial charge in [-0.3, -0.25) is 9.59 Å². The summed E-state index contributed by atoms with van der Waals surface area (Å²) in [5.74, 6) is -1.61. The lowest BCUT2D eigenvalue weighted by Crippen LogP contribution is -2.46. The van der Waals surface area contributed by atoms with Crippen LogP contribution in [0.1, 0.15) is 34.6 Å². The Morgan fingerprint density at radius 1 is 1.38 bits per heavy atom. The number of carboxylic acid groups (broad SMARTS) is 1. The molecule has 0 aliphatic heterocycles. The summed E-state index contributed by atoms with van der Waals surface area (Å²) in [6.45, 7) is 6.97. The first-order valence-corrected chi connectivity index (χ1v) is 7.46. The minimum Gasteiger partial charge on any atom is -0.480 e. The fourth-order valence-corrected chi connectivity index (χ4v) is 2.69. The van der Waals surface area contributed by atoms with E-state index < -0.39 is 12.0 Å². The highest BCUT2D eigenvalue weighted by atomic mass is 32.1. The molecule has 0 aromatic carbocycles. The first kappa shape index (κ1) is 17.2. The molecule has 1 atom stereocenters. The summed E-state index contributed by atoms with van der Waals surface area (Å²) in [6.07, 6.45) is 0.